The lowest BCUT2D eigenvalue weighted by atomic mass is 10.3. The molecule has 0 aliphatic rings. The fourth-order valence-electron chi connectivity index (χ4n) is 1.43. The quantitative estimate of drug-likeness (QED) is 0.644. The number of rotatable bonds is 7. The molecule has 0 saturated heterocycles. The largest absolute Gasteiger partial charge is 0.503 e. The molecule has 1 amide bonds. The molecule has 6 nitrogen and oxygen atoms in total. The Hall–Kier alpha value is -0.633. The molecular formula is C8H19NO5Si. The Morgan fingerprint density at radius 1 is 1.33 bits per heavy atom. The lowest BCUT2D eigenvalue weighted by molar-refractivity contribution is 0.111. The molecule has 0 aliphatic heterocycles. The molecule has 90 valence electrons. The first-order chi connectivity index (χ1) is 7.02. The second kappa shape index (κ2) is 6.78. The van der Waals surface area contributed by atoms with Crippen molar-refractivity contribution in [1.29, 1.82) is 0 Å². The maximum Gasteiger partial charge on any atom is 0.503 e. The van der Waals surface area contributed by atoms with Crippen LogP contribution in [0.25, 0.3) is 0 Å². The van der Waals surface area contributed by atoms with Gasteiger partial charge < -0.3 is 23.7 Å². The van der Waals surface area contributed by atoms with Crippen LogP contribution in [-0.4, -0.2) is 47.9 Å². The van der Waals surface area contributed by atoms with E-state index < -0.39 is 14.9 Å². The van der Waals surface area contributed by atoms with Crippen LogP contribution in [0, 0.1) is 0 Å². The van der Waals surface area contributed by atoms with E-state index in [2.05, 4.69) is 5.32 Å². The molecule has 15 heavy (non-hydrogen) atoms. The smallest absolute Gasteiger partial charge is 0.465 e. The van der Waals surface area contributed by atoms with Gasteiger partial charge in [0.05, 0.1) is 0 Å². The third kappa shape index (κ3) is 4.16. The number of carbonyl (C=O) groups is 1. The van der Waals surface area contributed by atoms with Crippen LogP contribution in [0.3, 0.4) is 0 Å². The van der Waals surface area contributed by atoms with Crippen molar-refractivity contribution < 1.29 is 23.2 Å². The summed E-state index contributed by atoms with van der Waals surface area (Å²) in [5.41, 5.74) is 0.0457. The van der Waals surface area contributed by atoms with Crippen molar-refractivity contribution in [3.63, 3.8) is 0 Å². The number of nitrogens with one attached hydrogen (secondary N) is 1. The molecule has 0 spiro atoms. The van der Waals surface area contributed by atoms with E-state index in [1.165, 1.54) is 0 Å². The third-order valence-electron chi connectivity index (χ3n) is 2.31. The van der Waals surface area contributed by atoms with Crippen molar-refractivity contribution in [2.45, 2.75) is 18.9 Å². The Morgan fingerprint density at radius 3 is 2.13 bits per heavy atom. The summed E-state index contributed by atoms with van der Waals surface area (Å²) in [5.74, 6) is 0. The van der Waals surface area contributed by atoms with Gasteiger partial charge in [-0.25, -0.2) is 4.79 Å². The monoisotopic (exact) mass is 237 g/mol. The van der Waals surface area contributed by atoms with Gasteiger partial charge in [0.25, 0.3) is 0 Å². The average Bonchev–Trinajstić information content (AvgIpc) is 2.21. The van der Waals surface area contributed by atoms with Crippen molar-refractivity contribution in [3.8, 4) is 0 Å². The van der Waals surface area contributed by atoms with Crippen molar-refractivity contribution in [2.24, 2.45) is 0 Å². The summed E-state index contributed by atoms with van der Waals surface area (Å²) in [5, 5.41) is 10.7. The molecule has 2 N–H and O–H groups in total. The topological polar surface area (TPSA) is 77.0 Å². The Labute approximate surface area is 90.9 Å². The van der Waals surface area contributed by atoms with Crippen LogP contribution in [0.15, 0.2) is 0 Å². The predicted octanol–water partition coefficient (Wildman–Crippen LogP) is 0.912. The highest BCUT2D eigenvalue weighted by Gasteiger charge is 2.44. The zero-order chi connectivity index (χ0) is 11.9. The summed E-state index contributed by atoms with van der Waals surface area (Å²) in [7, 11) is 2.00. The second-order valence-corrected chi connectivity index (χ2v) is 6.56. The second-order valence-electron chi connectivity index (χ2n) is 3.14. The van der Waals surface area contributed by atoms with Gasteiger partial charge in [-0.05, 0) is 6.42 Å². The molecule has 0 saturated carbocycles. The molecule has 1 atom stereocenters. The predicted molar refractivity (Wildman–Crippen MR) is 56.8 cm³/mol. The summed E-state index contributed by atoms with van der Waals surface area (Å²) in [6.45, 7) is 2.29. The molecule has 0 fully saturated rings. The first kappa shape index (κ1) is 14.4. The standard InChI is InChI=1S/C8H19NO5Si/c1-7(5-6-9-8(10)11)15(12-2,13-3)14-4/h7,9H,5-6H2,1-4H3,(H,10,11). The maximum atomic E-state index is 10.2. The van der Waals surface area contributed by atoms with E-state index in [9.17, 15) is 4.79 Å². The van der Waals surface area contributed by atoms with E-state index in [0.29, 0.717) is 13.0 Å². The Bertz CT molecular complexity index is 189. The highest BCUT2D eigenvalue weighted by Crippen LogP contribution is 2.26. The molecule has 0 heterocycles. The zero-order valence-corrected chi connectivity index (χ0v) is 10.6. The van der Waals surface area contributed by atoms with Crippen molar-refractivity contribution in [2.75, 3.05) is 27.9 Å². The molecule has 1 unspecified atom stereocenters. The van der Waals surface area contributed by atoms with Gasteiger partial charge in [-0.3, -0.25) is 0 Å². The molecule has 0 aliphatic carbocycles. The first-order valence-electron chi connectivity index (χ1n) is 4.64. The fraction of sp³-hybridized carbons (Fsp3) is 0.875. The summed E-state index contributed by atoms with van der Waals surface area (Å²) < 4.78 is 15.8. The first-order valence-corrected chi connectivity index (χ1v) is 6.44. The SMILES string of the molecule is CO[Si](OC)(OC)C(C)CCNC(=O)O. The minimum Gasteiger partial charge on any atom is -0.465 e. The molecule has 0 bridgehead atoms. The van der Waals surface area contributed by atoms with Gasteiger partial charge in [0.2, 0.25) is 0 Å². The summed E-state index contributed by atoms with van der Waals surface area (Å²) in [4.78, 5) is 10.2. The minimum atomic E-state index is -2.63. The number of carboxylic acid groups (broad SMARTS) is 1. The number of amides is 1. The van der Waals surface area contributed by atoms with E-state index in [4.69, 9.17) is 18.4 Å². The molecule has 0 aromatic carbocycles. The van der Waals surface area contributed by atoms with Gasteiger partial charge in [0.15, 0.2) is 0 Å². The molecular weight excluding hydrogens is 218 g/mol. The van der Waals surface area contributed by atoms with Gasteiger partial charge in [-0.15, -0.1) is 0 Å². The summed E-state index contributed by atoms with van der Waals surface area (Å²) >= 11 is 0. The van der Waals surface area contributed by atoms with E-state index >= 15 is 0 Å². The maximum absolute atomic E-state index is 10.2. The van der Waals surface area contributed by atoms with Crippen LogP contribution in [0.5, 0.6) is 0 Å². The van der Waals surface area contributed by atoms with Gasteiger partial charge in [0, 0.05) is 33.4 Å². The number of hydrogen-bond donors (Lipinski definition) is 2. The van der Waals surface area contributed by atoms with E-state index in [0.717, 1.165) is 0 Å². The highest BCUT2D eigenvalue weighted by atomic mass is 28.4. The van der Waals surface area contributed by atoms with E-state index in [1.54, 1.807) is 21.3 Å². The van der Waals surface area contributed by atoms with Crippen LogP contribution in [0.4, 0.5) is 4.79 Å². The Kier molecular flexibility index (Phi) is 6.49. The van der Waals surface area contributed by atoms with Crippen LogP contribution in [0.1, 0.15) is 13.3 Å². The summed E-state index contributed by atoms with van der Waals surface area (Å²) in [6, 6.07) is 0. The summed E-state index contributed by atoms with van der Waals surface area (Å²) in [6.07, 6.45) is -0.407. The fourth-order valence-corrected chi connectivity index (χ4v) is 3.63. The lowest BCUT2D eigenvalue weighted by Crippen LogP contribution is -2.47. The number of hydrogen-bond acceptors (Lipinski definition) is 4. The van der Waals surface area contributed by atoms with E-state index in [1.807, 2.05) is 6.92 Å². The van der Waals surface area contributed by atoms with Crippen molar-refractivity contribution in [3.05, 3.63) is 0 Å². The van der Waals surface area contributed by atoms with Crippen LogP contribution >= 0.6 is 0 Å². The third-order valence-corrected chi connectivity index (χ3v) is 5.51. The zero-order valence-electron chi connectivity index (χ0n) is 9.57. The molecule has 0 rings (SSSR count). The van der Waals surface area contributed by atoms with Crippen LogP contribution in [-0.2, 0) is 13.3 Å². The van der Waals surface area contributed by atoms with Crippen molar-refractivity contribution in [1.82, 2.24) is 5.32 Å². The highest BCUT2D eigenvalue weighted by molar-refractivity contribution is 6.62. The van der Waals surface area contributed by atoms with Crippen LogP contribution < -0.4 is 5.32 Å². The molecule has 7 heteroatoms. The van der Waals surface area contributed by atoms with E-state index in [-0.39, 0.29) is 5.54 Å². The van der Waals surface area contributed by atoms with Crippen LogP contribution in [0.2, 0.25) is 5.54 Å². The Balaban J connectivity index is 4.14. The minimum absolute atomic E-state index is 0.0457. The van der Waals surface area contributed by atoms with Crippen molar-refractivity contribution >= 4 is 14.9 Å². The average molecular weight is 237 g/mol. The molecule has 0 aromatic heterocycles. The molecule has 0 aromatic rings. The van der Waals surface area contributed by atoms with Gasteiger partial charge in [-0.1, -0.05) is 6.92 Å². The van der Waals surface area contributed by atoms with Gasteiger partial charge in [0.1, 0.15) is 0 Å². The van der Waals surface area contributed by atoms with Gasteiger partial charge >= 0.3 is 14.9 Å². The lowest BCUT2D eigenvalue weighted by Gasteiger charge is -2.30. The normalized spacial score (nSPS) is 13.6. The van der Waals surface area contributed by atoms with Gasteiger partial charge in [-0.2, -0.15) is 0 Å². The molecule has 0 radical (unpaired) electrons. The Morgan fingerprint density at radius 2 is 1.80 bits per heavy atom.